The fourth-order valence-electron chi connectivity index (χ4n) is 3.39. The summed E-state index contributed by atoms with van der Waals surface area (Å²) in [6.45, 7) is 3.16. The lowest BCUT2D eigenvalue weighted by Crippen LogP contribution is -2.46. The predicted octanol–water partition coefficient (Wildman–Crippen LogP) is 1.93. The monoisotopic (exact) mass is 276 g/mol. The van der Waals surface area contributed by atoms with Gasteiger partial charge in [-0.15, -0.1) is 10.2 Å². The minimum absolute atomic E-state index is 0.0960. The molecule has 2 aliphatic rings. The molecule has 1 saturated heterocycles. The van der Waals surface area contributed by atoms with Crippen LogP contribution in [-0.2, 0) is 5.54 Å². The van der Waals surface area contributed by atoms with Crippen LogP contribution < -0.4 is 4.90 Å². The van der Waals surface area contributed by atoms with Gasteiger partial charge in [-0.1, -0.05) is 6.92 Å². The second-order valence-corrected chi connectivity index (χ2v) is 5.35. The van der Waals surface area contributed by atoms with Crippen LogP contribution in [0.5, 0.6) is 0 Å². The normalized spacial score (nSPS) is 24.0. The van der Waals surface area contributed by atoms with Crippen molar-refractivity contribution in [3.63, 3.8) is 0 Å². The van der Waals surface area contributed by atoms with E-state index < -0.39 is 0 Å². The zero-order valence-corrected chi connectivity index (χ0v) is 11.3. The molecule has 1 unspecified atom stereocenters. The fraction of sp³-hybridized carbons (Fsp3) is 0.500. The van der Waals surface area contributed by atoms with E-state index in [0.29, 0.717) is 0 Å². The highest BCUT2D eigenvalue weighted by molar-refractivity contribution is 6.28. The summed E-state index contributed by atoms with van der Waals surface area (Å²) in [5, 5.41) is 8.71. The number of halogens is 1. The van der Waals surface area contributed by atoms with Crippen LogP contribution in [0.2, 0.25) is 5.28 Å². The van der Waals surface area contributed by atoms with Gasteiger partial charge in [-0.2, -0.15) is 4.98 Å². The smallest absolute Gasteiger partial charge is 0.224 e. The molecule has 4 heterocycles. The lowest BCUT2D eigenvalue weighted by Gasteiger charge is -2.42. The zero-order chi connectivity index (χ0) is 13.0. The van der Waals surface area contributed by atoms with Crippen LogP contribution in [0.4, 0.5) is 5.82 Å². The molecular formula is C12H13ClN6. The van der Waals surface area contributed by atoms with E-state index in [1.807, 2.05) is 4.57 Å². The maximum atomic E-state index is 5.97. The van der Waals surface area contributed by atoms with Crippen LogP contribution in [0.15, 0.2) is 12.5 Å². The molecule has 0 radical (unpaired) electrons. The summed E-state index contributed by atoms with van der Waals surface area (Å²) in [7, 11) is 0. The number of rotatable bonds is 1. The SMILES string of the molecule is CCC12CCCN1c1nc(Cl)ncc1-n1cnnc12. The van der Waals surface area contributed by atoms with E-state index in [2.05, 4.69) is 32.0 Å². The Balaban J connectivity index is 2.05. The molecule has 2 aromatic rings. The first-order valence-corrected chi connectivity index (χ1v) is 6.85. The molecule has 6 nitrogen and oxygen atoms in total. The van der Waals surface area contributed by atoms with E-state index in [4.69, 9.17) is 11.6 Å². The van der Waals surface area contributed by atoms with E-state index in [-0.39, 0.29) is 10.8 Å². The van der Waals surface area contributed by atoms with E-state index in [1.54, 1.807) is 12.5 Å². The highest BCUT2D eigenvalue weighted by Crippen LogP contribution is 2.48. The molecule has 0 saturated carbocycles. The van der Waals surface area contributed by atoms with Gasteiger partial charge in [0.05, 0.1) is 6.20 Å². The third kappa shape index (κ3) is 1.27. The van der Waals surface area contributed by atoms with Crippen molar-refractivity contribution in [2.45, 2.75) is 31.7 Å². The van der Waals surface area contributed by atoms with Gasteiger partial charge in [-0.3, -0.25) is 4.57 Å². The molecule has 0 bridgehead atoms. The number of fused-ring (bicyclic) bond motifs is 6. The van der Waals surface area contributed by atoms with Crippen molar-refractivity contribution in [3.05, 3.63) is 23.6 Å². The molecule has 0 amide bonds. The lowest BCUT2D eigenvalue weighted by molar-refractivity contribution is 0.382. The third-order valence-electron chi connectivity index (χ3n) is 4.27. The van der Waals surface area contributed by atoms with Crippen LogP contribution >= 0.6 is 11.6 Å². The van der Waals surface area contributed by atoms with Crippen molar-refractivity contribution >= 4 is 17.4 Å². The van der Waals surface area contributed by atoms with Crippen molar-refractivity contribution in [2.24, 2.45) is 0 Å². The molecule has 0 N–H and O–H groups in total. The molecule has 0 aliphatic carbocycles. The summed E-state index contributed by atoms with van der Waals surface area (Å²) in [5.74, 6) is 1.89. The quantitative estimate of drug-likeness (QED) is 0.745. The molecular weight excluding hydrogens is 264 g/mol. The first-order chi connectivity index (χ1) is 9.26. The highest BCUT2D eigenvalue weighted by Gasteiger charge is 2.49. The standard InChI is InChI=1S/C12H13ClN6/c1-2-12-4-3-5-19(12)9-8(6-14-11(13)16-9)18-7-15-17-10(12)18/h6-7H,2-5H2,1H3. The number of nitrogens with zero attached hydrogens (tertiary/aromatic N) is 6. The molecule has 98 valence electrons. The van der Waals surface area contributed by atoms with E-state index >= 15 is 0 Å². The Morgan fingerprint density at radius 1 is 1.47 bits per heavy atom. The van der Waals surface area contributed by atoms with Gasteiger partial charge in [0.15, 0.2) is 11.6 Å². The Morgan fingerprint density at radius 3 is 3.21 bits per heavy atom. The van der Waals surface area contributed by atoms with Gasteiger partial charge in [0, 0.05) is 6.54 Å². The molecule has 1 atom stereocenters. The van der Waals surface area contributed by atoms with Crippen LogP contribution in [0.25, 0.3) is 5.69 Å². The maximum absolute atomic E-state index is 5.97. The highest BCUT2D eigenvalue weighted by atomic mass is 35.5. The molecule has 4 rings (SSSR count). The second-order valence-electron chi connectivity index (χ2n) is 5.01. The van der Waals surface area contributed by atoms with Gasteiger partial charge in [0.2, 0.25) is 5.28 Å². The van der Waals surface area contributed by atoms with Crippen molar-refractivity contribution in [1.82, 2.24) is 24.7 Å². The van der Waals surface area contributed by atoms with Gasteiger partial charge < -0.3 is 4.90 Å². The van der Waals surface area contributed by atoms with Crippen LogP contribution in [0.3, 0.4) is 0 Å². The minimum Gasteiger partial charge on any atom is -0.342 e. The molecule has 2 aliphatic heterocycles. The van der Waals surface area contributed by atoms with Gasteiger partial charge in [-0.05, 0) is 30.9 Å². The van der Waals surface area contributed by atoms with Crippen molar-refractivity contribution in [2.75, 3.05) is 11.4 Å². The summed E-state index contributed by atoms with van der Waals surface area (Å²) < 4.78 is 2.00. The van der Waals surface area contributed by atoms with Crippen molar-refractivity contribution in [3.8, 4) is 5.69 Å². The first kappa shape index (κ1) is 11.2. The van der Waals surface area contributed by atoms with Gasteiger partial charge in [-0.25, -0.2) is 4.98 Å². The average molecular weight is 277 g/mol. The van der Waals surface area contributed by atoms with Crippen molar-refractivity contribution < 1.29 is 0 Å². The molecule has 0 spiro atoms. The van der Waals surface area contributed by atoms with Crippen LogP contribution in [-0.4, -0.2) is 31.3 Å². The third-order valence-corrected chi connectivity index (χ3v) is 4.46. The Kier molecular flexibility index (Phi) is 2.15. The second kappa shape index (κ2) is 3.66. The fourth-order valence-corrected chi connectivity index (χ4v) is 3.52. The van der Waals surface area contributed by atoms with E-state index in [1.165, 1.54) is 0 Å². The molecule has 1 fully saturated rings. The predicted molar refractivity (Wildman–Crippen MR) is 70.5 cm³/mol. The lowest BCUT2D eigenvalue weighted by atomic mass is 9.90. The average Bonchev–Trinajstić information content (AvgIpc) is 3.05. The summed E-state index contributed by atoms with van der Waals surface area (Å²) in [5.41, 5.74) is 0.816. The van der Waals surface area contributed by atoms with Gasteiger partial charge >= 0.3 is 0 Å². The topological polar surface area (TPSA) is 59.7 Å². The van der Waals surface area contributed by atoms with Crippen LogP contribution in [0, 0.1) is 0 Å². The molecule has 0 aromatic carbocycles. The van der Waals surface area contributed by atoms with Crippen LogP contribution in [0.1, 0.15) is 32.0 Å². The van der Waals surface area contributed by atoms with Gasteiger partial charge in [0.25, 0.3) is 0 Å². The minimum atomic E-state index is -0.0960. The zero-order valence-electron chi connectivity index (χ0n) is 10.5. The van der Waals surface area contributed by atoms with E-state index in [9.17, 15) is 0 Å². The summed E-state index contributed by atoms with van der Waals surface area (Å²) in [6.07, 6.45) is 6.66. The first-order valence-electron chi connectivity index (χ1n) is 6.47. The molecule has 7 heteroatoms. The number of aromatic nitrogens is 5. The Morgan fingerprint density at radius 2 is 2.37 bits per heavy atom. The summed E-state index contributed by atoms with van der Waals surface area (Å²) in [4.78, 5) is 10.8. The van der Waals surface area contributed by atoms with Crippen molar-refractivity contribution in [1.29, 1.82) is 0 Å². The largest absolute Gasteiger partial charge is 0.342 e. The summed E-state index contributed by atoms with van der Waals surface area (Å²) >= 11 is 5.97. The number of hydrogen-bond acceptors (Lipinski definition) is 5. The Labute approximate surface area is 115 Å². The number of anilines is 1. The maximum Gasteiger partial charge on any atom is 0.224 e. The van der Waals surface area contributed by atoms with E-state index in [0.717, 1.165) is 43.1 Å². The number of hydrogen-bond donors (Lipinski definition) is 0. The Bertz CT molecular complexity index is 653. The molecule has 19 heavy (non-hydrogen) atoms. The molecule has 2 aromatic heterocycles. The summed E-state index contributed by atoms with van der Waals surface area (Å²) in [6, 6.07) is 0. The Hall–Kier alpha value is -1.69. The van der Waals surface area contributed by atoms with Gasteiger partial charge in [0.1, 0.15) is 17.6 Å².